The van der Waals surface area contributed by atoms with Crippen LogP contribution in [0.25, 0.3) is 5.57 Å². The van der Waals surface area contributed by atoms with E-state index >= 15 is 0 Å². The summed E-state index contributed by atoms with van der Waals surface area (Å²) in [7, 11) is 0. The van der Waals surface area contributed by atoms with Crippen molar-refractivity contribution >= 4 is 23.1 Å². The molecule has 6 rings (SSSR count). The molecular weight excluding hydrogens is 500 g/mol. The van der Waals surface area contributed by atoms with Crippen molar-refractivity contribution in [2.45, 2.75) is 45.7 Å². The Balaban J connectivity index is 1.28. The van der Waals surface area contributed by atoms with Crippen LogP contribution in [0.4, 0.5) is 5.69 Å². The third kappa shape index (κ3) is 5.11. The van der Waals surface area contributed by atoms with Crippen molar-refractivity contribution in [1.29, 1.82) is 0 Å². The molecule has 3 aliphatic rings. The molecule has 1 aromatic heterocycles. The van der Waals surface area contributed by atoms with Gasteiger partial charge in [-0.3, -0.25) is 14.5 Å². The van der Waals surface area contributed by atoms with Crippen molar-refractivity contribution in [1.82, 2.24) is 14.4 Å². The summed E-state index contributed by atoms with van der Waals surface area (Å²) in [5.74, 6) is -0.00218. The Hall–Kier alpha value is -3.68. The average Bonchev–Trinajstić information content (AvgIpc) is 3.30. The van der Waals surface area contributed by atoms with Gasteiger partial charge in [-0.15, -0.1) is 0 Å². The maximum atomic E-state index is 14.0. The number of aryl methyl sites for hydroxylation is 1. The second-order valence-corrected chi connectivity index (χ2v) is 11.2. The standard InChI is InChI=1S/C33H38N4O3/c1-24-21-26(11-13-29(24)25-7-3-2-4-8-25)32(39)37-23-28-12-14-31(36(28)22-27-9-5-6-10-30(27)37)33(40)35-17-15-34(16-18-35)19-20-38/h5-7,9-14,21,38H,2-4,8,15-20,22-23H2,1H3. The molecule has 1 N–H and O–H groups in total. The summed E-state index contributed by atoms with van der Waals surface area (Å²) in [6.45, 7) is 6.64. The molecule has 3 aromatic rings. The molecule has 2 aromatic carbocycles. The number of aliphatic hydroxyl groups is 1. The minimum absolute atomic E-state index is 0.0235. The van der Waals surface area contributed by atoms with E-state index in [1.165, 1.54) is 24.0 Å². The number of β-amino-alcohol motifs (C(OH)–C–C–N with tert-alkyl or cyclic N) is 1. The zero-order valence-electron chi connectivity index (χ0n) is 23.3. The van der Waals surface area contributed by atoms with Gasteiger partial charge in [-0.1, -0.05) is 30.3 Å². The number of aromatic nitrogens is 1. The molecule has 1 saturated heterocycles. The highest BCUT2D eigenvalue weighted by Gasteiger charge is 2.30. The number of aliphatic hydroxyl groups excluding tert-OH is 1. The van der Waals surface area contributed by atoms with Gasteiger partial charge in [0.05, 0.1) is 19.7 Å². The maximum absolute atomic E-state index is 14.0. The van der Waals surface area contributed by atoms with E-state index in [2.05, 4.69) is 34.6 Å². The molecule has 1 aliphatic carbocycles. The highest BCUT2D eigenvalue weighted by Crippen LogP contribution is 2.33. The fourth-order valence-corrected chi connectivity index (χ4v) is 6.40. The SMILES string of the molecule is Cc1cc(C(=O)N2Cc3ccc(C(=O)N4CCN(CCO)CC4)n3Cc3ccccc32)ccc1C1=CCCCC1. The number of carbonyl (C=O) groups excluding carboxylic acids is 2. The van der Waals surface area contributed by atoms with Crippen molar-refractivity contribution in [2.24, 2.45) is 0 Å². The number of piperazine rings is 1. The van der Waals surface area contributed by atoms with E-state index < -0.39 is 0 Å². The minimum atomic E-state index is -0.0257. The number of rotatable bonds is 5. The van der Waals surface area contributed by atoms with Gasteiger partial charge < -0.3 is 19.5 Å². The normalized spacial score (nSPS) is 17.6. The number of allylic oxidation sites excluding steroid dienone is 2. The lowest BCUT2D eigenvalue weighted by Crippen LogP contribution is -2.49. The van der Waals surface area contributed by atoms with Gasteiger partial charge in [0.25, 0.3) is 11.8 Å². The quantitative estimate of drug-likeness (QED) is 0.511. The van der Waals surface area contributed by atoms with Crippen LogP contribution in [0.15, 0.2) is 60.7 Å². The number of amides is 2. The first kappa shape index (κ1) is 26.5. The Labute approximate surface area is 236 Å². The summed E-state index contributed by atoms with van der Waals surface area (Å²) in [4.78, 5) is 33.6. The number of anilines is 1. The molecule has 7 nitrogen and oxygen atoms in total. The van der Waals surface area contributed by atoms with Gasteiger partial charge in [0, 0.05) is 49.7 Å². The van der Waals surface area contributed by atoms with E-state index in [0.717, 1.165) is 48.4 Å². The van der Waals surface area contributed by atoms with E-state index in [4.69, 9.17) is 0 Å². The van der Waals surface area contributed by atoms with E-state index in [9.17, 15) is 14.7 Å². The molecule has 0 atom stereocenters. The first-order valence-electron chi connectivity index (χ1n) is 14.5. The molecule has 2 amide bonds. The average molecular weight is 539 g/mol. The number of benzene rings is 2. The Morgan fingerprint density at radius 3 is 2.48 bits per heavy atom. The lowest BCUT2D eigenvalue weighted by atomic mass is 9.90. The Kier molecular flexibility index (Phi) is 7.59. The van der Waals surface area contributed by atoms with Crippen LogP contribution in [0.3, 0.4) is 0 Å². The van der Waals surface area contributed by atoms with Gasteiger partial charge in [-0.2, -0.15) is 0 Å². The number of carbonyl (C=O) groups is 2. The molecule has 3 heterocycles. The lowest BCUT2D eigenvalue weighted by Gasteiger charge is -2.34. The second kappa shape index (κ2) is 11.4. The van der Waals surface area contributed by atoms with E-state index in [1.807, 2.05) is 52.3 Å². The largest absolute Gasteiger partial charge is 0.395 e. The topological polar surface area (TPSA) is 69.0 Å². The van der Waals surface area contributed by atoms with Crippen molar-refractivity contribution in [2.75, 3.05) is 44.2 Å². The predicted octanol–water partition coefficient (Wildman–Crippen LogP) is 4.71. The van der Waals surface area contributed by atoms with Gasteiger partial charge in [0.15, 0.2) is 0 Å². The van der Waals surface area contributed by atoms with E-state index in [0.29, 0.717) is 44.0 Å². The number of hydrogen-bond donors (Lipinski definition) is 1. The van der Waals surface area contributed by atoms with Gasteiger partial charge >= 0.3 is 0 Å². The summed E-state index contributed by atoms with van der Waals surface area (Å²) >= 11 is 0. The van der Waals surface area contributed by atoms with Crippen LogP contribution in [0.2, 0.25) is 0 Å². The van der Waals surface area contributed by atoms with Gasteiger partial charge in [-0.25, -0.2) is 0 Å². The first-order chi connectivity index (χ1) is 19.5. The fourth-order valence-electron chi connectivity index (χ4n) is 6.40. The molecule has 40 heavy (non-hydrogen) atoms. The molecule has 1 fully saturated rings. The minimum Gasteiger partial charge on any atom is -0.395 e. The van der Waals surface area contributed by atoms with E-state index in [1.54, 1.807) is 0 Å². The lowest BCUT2D eigenvalue weighted by molar-refractivity contribution is 0.0605. The molecular formula is C33H38N4O3. The molecule has 7 heteroatoms. The Morgan fingerprint density at radius 1 is 0.900 bits per heavy atom. The van der Waals surface area contributed by atoms with Crippen molar-refractivity contribution in [3.05, 3.63) is 94.3 Å². The number of hydrogen-bond acceptors (Lipinski definition) is 4. The first-order valence-corrected chi connectivity index (χ1v) is 14.5. The van der Waals surface area contributed by atoms with Crippen LogP contribution in [0.5, 0.6) is 0 Å². The second-order valence-electron chi connectivity index (χ2n) is 11.2. The Bertz CT molecular complexity index is 1450. The number of para-hydroxylation sites is 1. The zero-order valence-corrected chi connectivity index (χ0v) is 23.3. The summed E-state index contributed by atoms with van der Waals surface area (Å²) in [5.41, 5.74) is 8.00. The summed E-state index contributed by atoms with van der Waals surface area (Å²) in [6.07, 6.45) is 7.05. The Morgan fingerprint density at radius 2 is 1.73 bits per heavy atom. The third-order valence-electron chi connectivity index (χ3n) is 8.65. The molecule has 0 unspecified atom stereocenters. The molecule has 0 spiro atoms. The van der Waals surface area contributed by atoms with Crippen LogP contribution in [0.1, 0.15) is 68.9 Å². The summed E-state index contributed by atoms with van der Waals surface area (Å²) < 4.78 is 2.08. The highest BCUT2D eigenvalue weighted by atomic mass is 16.3. The molecule has 0 bridgehead atoms. The van der Waals surface area contributed by atoms with E-state index in [-0.39, 0.29) is 18.4 Å². The summed E-state index contributed by atoms with van der Waals surface area (Å²) in [6, 6.07) is 18.0. The maximum Gasteiger partial charge on any atom is 0.270 e. The van der Waals surface area contributed by atoms with Gasteiger partial charge in [0.1, 0.15) is 5.69 Å². The molecule has 0 saturated carbocycles. The third-order valence-corrected chi connectivity index (χ3v) is 8.65. The number of fused-ring (bicyclic) bond motifs is 2. The highest BCUT2D eigenvalue weighted by molar-refractivity contribution is 6.07. The van der Waals surface area contributed by atoms with Gasteiger partial charge in [-0.05, 0) is 85.2 Å². The van der Waals surface area contributed by atoms with Crippen molar-refractivity contribution in [3.8, 4) is 0 Å². The zero-order chi connectivity index (χ0) is 27.6. The molecule has 2 aliphatic heterocycles. The summed E-state index contributed by atoms with van der Waals surface area (Å²) in [5, 5.41) is 9.24. The van der Waals surface area contributed by atoms with Crippen LogP contribution in [-0.2, 0) is 13.1 Å². The fraction of sp³-hybridized carbons (Fsp3) is 0.394. The predicted molar refractivity (Wildman–Crippen MR) is 158 cm³/mol. The monoisotopic (exact) mass is 538 g/mol. The van der Waals surface area contributed by atoms with Crippen molar-refractivity contribution in [3.63, 3.8) is 0 Å². The van der Waals surface area contributed by atoms with Gasteiger partial charge in [0.2, 0.25) is 0 Å². The van der Waals surface area contributed by atoms with Crippen LogP contribution < -0.4 is 4.90 Å². The smallest absolute Gasteiger partial charge is 0.270 e. The van der Waals surface area contributed by atoms with Crippen LogP contribution >= 0.6 is 0 Å². The molecule has 208 valence electrons. The van der Waals surface area contributed by atoms with Crippen molar-refractivity contribution < 1.29 is 14.7 Å². The van der Waals surface area contributed by atoms with Crippen LogP contribution in [0, 0.1) is 6.92 Å². The number of nitrogens with zero attached hydrogens (tertiary/aromatic N) is 4. The van der Waals surface area contributed by atoms with Crippen LogP contribution in [-0.4, -0.2) is 70.6 Å². The molecule has 0 radical (unpaired) electrons.